The minimum Gasteiger partial charge on any atom is -0.350 e. The van der Waals surface area contributed by atoms with Gasteiger partial charge in [0.2, 0.25) is 5.95 Å². The van der Waals surface area contributed by atoms with Gasteiger partial charge in [-0.1, -0.05) is 17.7 Å². The number of hydrogen-bond donors (Lipinski definition) is 2. The fourth-order valence-corrected chi connectivity index (χ4v) is 7.13. The molecule has 1 heterocycles. The van der Waals surface area contributed by atoms with E-state index in [0.717, 1.165) is 34.6 Å². The Labute approximate surface area is 176 Å². The van der Waals surface area contributed by atoms with Gasteiger partial charge in [-0.25, -0.2) is 4.98 Å². The second-order valence-corrected chi connectivity index (χ2v) is 10.1. The van der Waals surface area contributed by atoms with Crippen molar-refractivity contribution in [3.05, 3.63) is 62.6 Å². The van der Waals surface area contributed by atoms with Gasteiger partial charge in [-0.05, 0) is 87.0 Å². The highest BCUT2D eigenvalue weighted by Gasteiger charge is 2.51. The molecule has 4 bridgehead atoms. The Balaban J connectivity index is 1.36. The number of aromatic amines is 1. The monoisotopic (exact) mass is 398 g/mol. The molecule has 5 aliphatic rings. The van der Waals surface area contributed by atoms with Gasteiger partial charge in [0.1, 0.15) is 0 Å². The maximum atomic E-state index is 12.9. The van der Waals surface area contributed by atoms with E-state index in [0.29, 0.717) is 17.1 Å². The minimum absolute atomic E-state index is 0.0352. The molecule has 0 amide bonds. The molecule has 4 fully saturated rings. The molecule has 2 aromatic rings. The number of hydrogen-bond acceptors (Lipinski definition) is 4. The standard InChI is InChI=1S/C25H26N4O/c1-14-6-20-22(21(14)19-4-2-15(13-26)3-5-19)27-24(28-23(20)30)29-25-10-16-7-17(11-25)9-18(8-16)12-25/h2-6,16-18,21H,7-12H2,1H3,(H2,27,28,29,30). The van der Waals surface area contributed by atoms with Crippen molar-refractivity contribution in [2.45, 2.75) is 56.9 Å². The summed E-state index contributed by atoms with van der Waals surface area (Å²) in [7, 11) is 0. The number of aromatic nitrogens is 2. The summed E-state index contributed by atoms with van der Waals surface area (Å²) in [6, 6.07) is 9.80. The molecule has 0 saturated heterocycles. The molecule has 1 aromatic heterocycles. The van der Waals surface area contributed by atoms with E-state index in [9.17, 15) is 4.79 Å². The van der Waals surface area contributed by atoms with Crippen LogP contribution in [0.4, 0.5) is 5.95 Å². The zero-order valence-corrected chi connectivity index (χ0v) is 17.2. The van der Waals surface area contributed by atoms with Crippen molar-refractivity contribution in [2.24, 2.45) is 17.8 Å². The van der Waals surface area contributed by atoms with Gasteiger partial charge < -0.3 is 5.32 Å². The minimum atomic E-state index is -0.0669. The lowest BCUT2D eigenvalue weighted by molar-refractivity contribution is 0.0103. The molecule has 5 aliphatic carbocycles. The van der Waals surface area contributed by atoms with E-state index in [4.69, 9.17) is 10.2 Å². The highest BCUT2D eigenvalue weighted by atomic mass is 16.1. The second-order valence-electron chi connectivity index (χ2n) is 10.1. The van der Waals surface area contributed by atoms with E-state index < -0.39 is 0 Å². The third-order valence-electron chi connectivity index (χ3n) is 7.88. The number of rotatable bonds is 3. The van der Waals surface area contributed by atoms with Crippen LogP contribution in [0.2, 0.25) is 0 Å². The van der Waals surface area contributed by atoms with Crippen molar-refractivity contribution in [1.82, 2.24) is 9.97 Å². The molecule has 30 heavy (non-hydrogen) atoms. The normalized spacial score (nSPS) is 33.1. The van der Waals surface area contributed by atoms with Crippen molar-refractivity contribution in [1.29, 1.82) is 5.26 Å². The second kappa shape index (κ2) is 6.31. The largest absolute Gasteiger partial charge is 0.350 e. The summed E-state index contributed by atoms with van der Waals surface area (Å²) >= 11 is 0. The molecule has 4 saturated carbocycles. The van der Waals surface area contributed by atoms with E-state index in [2.05, 4.69) is 23.3 Å². The molecule has 152 valence electrons. The first-order valence-electron chi connectivity index (χ1n) is 11.1. The number of anilines is 1. The molecule has 2 N–H and O–H groups in total. The lowest BCUT2D eigenvalue weighted by atomic mass is 9.53. The smallest absolute Gasteiger partial charge is 0.259 e. The molecule has 1 aromatic carbocycles. The maximum absolute atomic E-state index is 12.9. The summed E-state index contributed by atoms with van der Waals surface area (Å²) in [5.41, 5.74) is 4.35. The SMILES string of the molecule is CC1=Cc2c(nc(NC34CC5CC(CC(C5)C3)C4)[nH]c2=O)C1c1ccc(C#N)cc1. The van der Waals surface area contributed by atoms with E-state index in [1.54, 1.807) is 0 Å². The molecule has 1 unspecified atom stereocenters. The summed E-state index contributed by atoms with van der Waals surface area (Å²) in [5, 5.41) is 12.8. The van der Waals surface area contributed by atoms with Crippen LogP contribution in [0.1, 0.15) is 73.8 Å². The van der Waals surface area contributed by atoms with Crippen LogP contribution in [-0.2, 0) is 0 Å². The number of H-pyrrole nitrogens is 1. The van der Waals surface area contributed by atoms with E-state index in [-0.39, 0.29) is 17.0 Å². The van der Waals surface area contributed by atoms with E-state index in [1.807, 2.05) is 30.3 Å². The number of fused-ring (bicyclic) bond motifs is 1. The van der Waals surface area contributed by atoms with E-state index in [1.165, 1.54) is 38.5 Å². The summed E-state index contributed by atoms with van der Waals surface area (Å²) < 4.78 is 0. The van der Waals surface area contributed by atoms with Gasteiger partial charge in [0.25, 0.3) is 5.56 Å². The van der Waals surface area contributed by atoms with E-state index >= 15 is 0 Å². The first-order valence-corrected chi connectivity index (χ1v) is 11.1. The van der Waals surface area contributed by atoms with Gasteiger partial charge in [-0.15, -0.1) is 0 Å². The van der Waals surface area contributed by atoms with Crippen LogP contribution in [0.25, 0.3) is 6.08 Å². The Morgan fingerprint density at radius 2 is 1.73 bits per heavy atom. The molecule has 0 spiro atoms. The van der Waals surface area contributed by atoms with Crippen LogP contribution in [-0.4, -0.2) is 15.5 Å². The third-order valence-corrected chi connectivity index (χ3v) is 7.88. The van der Waals surface area contributed by atoms with Gasteiger partial charge in [-0.2, -0.15) is 5.26 Å². The van der Waals surface area contributed by atoms with Crippen molar-refractivity contribution >= 4 is 12.0 Å². The lowest BCUT2D eigenvalue weighted by Crippen LogP contribution is -2.55. The Morgan fingerprint density at radius 3 is 2.33 bits per heavy atom. The van der Waals surface area contributed by atoms with Crippen molar-refractivity contribution < 1.29 is 0 Å². The number of allylic oxidation sites excluding steroid dienone is 1. The molecular weight excluding hydrogens is 372 g/mol. The average Bonchev–Trinajstić information content (AvgIpc) is 3.03. The molecular formula is C25H26N4O. The average molecular weight is 399 g/mol. The molecule has 5 nitrogen and oxygen atoms in total. The third kappa shape index (κ3) is 2.74. The lowest BCUT2D eigenvalue weighted by Gasteiger charge is -2.57. The van der Waals surface area contributed by atoms with Crippen molar-refractivity contribution in [3.63, 3.8) is 0 Å². The zero-order valence-electron chi connectivity index (χ0n) is 17.2. The Morgan fingerprint density at radius 1 is 1.10 bits per heavy atom. The fourth-order valence-electron chi connectivity index (χ4n) is 7.13. The van der Waals surface area contributed by atoms with Crippen molar-refractivity contribution in [2.75, 3.05) is 5.32 Å². The number of nitriles is 1. The molecule has 0 aliphatic heterocycles. The fraction of sp³-hybridized carbons (Fsp3) is 0.480. The predicted octanol–water partition coefficient (Wildman–Crippen LogP) is 4.57. The molecule has 5 heteroatoms. The van der Waals surface area contributed by atoms with Crippen LogP contribution in [0.3, 0.4) is 0 Å². The molecule has 0 radical (unpaired) electrons. The predicted molar refractivity (Wildman–Crippen MR) is 116 cm³/mol. The van der Waals surface area contributed by atoms with Gasteiger partial charge in [0.05, 0.1) is 22.9 Å². The first kappa shape index (κ1) is 17.9. The topological polar surface area (TPSA) is 81.6 Å². The maximum Gasteiger partial charge on any atom is 0.259 e. The number of nitrogens with zero attached hydrogens (tertiary/aromatic N) is 2. The zero-order chi connectivity index (χ0) is 20.5. The summed E-state index contributed by atoms with van der Waals surface area (Å²) in [5.74, 6) is 3.09. The van der Waals surface area contributed by atoms with Crippen LogP contribution in [0, 0.1) is 29.1 Å². The van der Waals surface area contributed by atoms with Gasteiger partial charge in [-0.3, -0.25) is 9.78 Å². The van der Waals surface area contributed by atoms with Crippen LogP contribution in [0.5, 0.6) is 0 Å². The van der Waals surface area contributed by atoms with Gasteiger partial charge >= 0.3 is 0 Å². The summed E-state index contributed by atoms with van der Waals surface area (Å²) in [6.45, 7) is 2.05. The Bertz CT molecular complexity index is 1120. The molecule has 1 atom stereocenters. The van der Waals surface area contributed by atoms with Crippen LogP contribution >= 0.6 is 0 Å². The highest BCUT2D eigenvalue weighted by Crippen LogP contribution is 2.56. The molecule has 7 rings (SSSR count). The van der Waals surface area contributed by atoms with Crippen LogP contribution < -0.4 is 10.9 Å². The van der Waals surface area contributed by atoms with Crippen molar-refractivity contribution in [3.8, 4) is 6.07 Å². The summed E-state index contributed by atoms with van der Waals surface area (Å²) in [6.07, 6.45) is 9.73. The highest BCUT2D eigenvalue weighted by molar-refractivity contribution is 5.67. The number of benzene rings is 1. The number of nitrogens with one attached hydrogen (secondary N) is 2. The van der Waals surface area contributed by atoms with Gasteiger partial charge in [0, 0.05) is 11.5 Å². The van der Waals surface area contributed by atoms with Gasteiger partial charge in [0.15, 0.2) is 0 Å². The summed E-state index contributed by atoms with van der Waals surface area (Å²) in [4.78, 5) is 20.9. The Hall–Kier alpha value is -2.87. The van der Waals surface area contributed by atoms with Crippen LogP contribution in [0.15, 0.2) is 34.6 Å². The Kier molecular flexibility index (Phi) is 3.78. The first-order chi connectivity index (χ1) is 14.5. The quantitative estimate of drug-likeness (QED) is 0.793.